The van der Waals surface area contributed by atoms with E-state index in [1.54, 1.807) is 0 Å². The van der Waals surface area contributed by atoms with Gasteiger partial charge in [0.15, 0.2) is 0 Å². The van der Waals surface area contributed by atoms with Crippen LogP contribution < -0.4 is 5.32 Å². The van der Waals surface area contributed by atoms with Crippen LogP contribution in [0.5, 0.6) is 0 Å². The number of aliphatic hydroxyl groups excluding tert-OH is 1. The van der Waals surface area contributed by atoms with Crippen molar-refractivity contribution >= 4 is 11.6 Å². The molecule has 2 N–H and O–H groups in total. The van der Waals surface area contributed by atoms with Gasteiger partial charge in [-0.15, -0.1) is 0 Å². The zero-order valence-corrected chi connectivity index (χ0v) is 13.5. The summed E-state index contributed by atoms with van der Waals surface area (Å²) in [5, 5.41) is 13.6. The summed E-state index contributed by atoms with van der Waals surface area (Å²) in [6.45, 7) is 6.29. The van der Waals surface area contributed by atoms with E-state index < -0.39 is 0 Å². The van der Waals surface area contributed by atoms with Crippen molar-refractivity contribution in [2.75, 3.05) is 26.7 Å². The first-order valence-electron chi connectivity index (χ1n) is 7.39. The number of benzene rings is 1. The van der Waals surface area contributed by atoms with E-state index in [1.165, 1.54) is 0 Å². The number of rotatable bonds is 9. The Labute approximate surface area is 127 Å². The molecule has 114 valence electrons. The van der Waals surface area contributed by atoms with Crippen molar-refractivity contribution in [2.45, 2.75) is 38.8 Å². The Bertz CT molecular complexity index is 386. The molecular weight excluding hydrogens is 272 g/mol. The predicted octanol–water partition coefficient (Wildman–Crippen LogP) is 3.08. The van der Waals surface area contributed by atoms with E-state index in [2.05, 4.69) is 23.2 Å². The lowest BCUT2D eigenvalue weighted by molar-refractivity contribution is 0.154. The smallest absolute Gasteiger partial charge is 0.0584 e. The fraction of sp³-hybridized carbons (Fsp3) is 0.625. The van der Waals surface area contributed by atoms with Gasteiger partial charge in [-0.3, -0.25) is 0 Å². The van der Waals surface area contributed by atoms with E-state index in [9.17, 15) is 5.11 Å². The largest absolute Gasteiger partial charge is 0.395 e. The van der Waals surface area contributed by atoms with Crippen molar-refractivity contribution in [1.29, 1.82) is 0 Å². The Morgan fingerprint density at radius 1 is 1.35 bits per heavy atom. The number of nitrogens with zero attached hydrogens (tertiary/aromatic N) is 1. The standard InChI is InChI=1S/C16H27ClN2O/c1-4-10-18-16(9-11-19(3)13(2)12-20)14-7-5-6-8-15(14)17/h5-8,13,16,18,20H,4,9-12H2,1-3H3. The number of hydrogen-bond acceptors (Lipinski definition) is 3. The summed E-state index contributed by atoms with van der Waals surface area (Å²) in [6.07, 6.45) is 2.08. The maximum absolute atomic E-state index is 9.19. The van der Waals surface area contributed by atoms with E-state index in [0.29, 0.717) is 0 Å². The van der Waals surface area contributed by atoms with Crippen LogP contribution in [0.25, 0.3) is 0 Å². The highest BCUT2D eigenvalue weighted by Gasteiger charge is 2.16. The van der Waals surface area contributed by atoms with E-state index in [-0.39, 0.29) is 18.7 Å². The van der Waals surface area contributed by atoms with Crippen LogP contribution in [0.4, 0.5) is 0 Å². The molecule has 0 saturated heterocycles. The zero-order valence-electron chi connectivity index (χ0n) is 12.8. The van der Waals surface area contributed by atoms with Crippen LogP contribution in [0.2, 0.25) is 5.02 Å². The fourth-order valence-electron chi connectivity index (χ4n) is 2.14. The van der Waals surface area contributed by atoms with Crippen molar-refractivity contribution in [3.63, 3.8) is 0 Å². The summed E-state index contributed by atoms with van der Waals surface area (Å²) in [7, 11) is 2.05. The van der Waals surface area contributed by atoms with Crippen LogP contribution in [-0.4, -0.2) is 42.8 Å². The second-order valence-electron chi connectivity index (χ2n) is 5.33. The molecule has 0 saturated carbocycles. The third kappa shape index (κ3) is 5.41. The molecule has 20 heavy (non-hydrogen) atoms. The van der Waals surface area contributed by atoms with E-state index in [1.807, 2.05) is 32.2 Å². The Kier molecular flexibility index (Phi) is 8.15. The lowest BCUT2D eigenvalue weighted by atomic mass is 10.0. The average Bonchev–Trinajstić information content (AvgIpc) is 2.47. The van der Waals surface area contributed by atoms with Crippen molar-refractivity contribution in [3.8, 4) is 0 Å². The third-order valence-corrected chi connectivity index (χ3v) is 4.05. The summed E-state index contributed by atoms with van der Waals surface area (Å²) in [6, 6.07) is 8.47. The maximum Gasteiger partial charge on any atom is 0.0584 e. The highest BCUT2D eigenvalue weighted by Crippen LogP contribution is 2.25. The predicted molar refractivity (Wildman–Crippen MR) is 86.3 cm³/mol. The first-order chi connectivity index (χ1) is 9.60. The lowest BCUT2D eigenvalue weighted by Gasteiger charge is -2.26. The summed E-state index contributed by atoms with van der Waals surface area (Å²) in [5.74, 6) is 0. The number of likely N-dealkylation sites (N-methyl/N-ethyl adjacent to an activating group) is 1. The van der Waals surface area contributed by atoms with Crippen molar-refractivity contribution in [3.05, 3.63) is 34.9 Å². The average molecular weight is 299 g/mol. The first kappa shape index (κ1) is 17.4. The molecule has 0 spiro atoms. The van der Waals surface area contributed by atoms with E-state index in [4.69, 9.17) is 11.6 Å². The molecule has 0 aliphatic heterocycles. The normalized spacial score (nSPS) is 14.5. The van der Waals surface area contributed by atoms with Crippen LogP contribution in [-0.2, 0) is 0 Å². The highest BCUT2D eigenvalue weighted by atomic mass is 35.5. The van der Waals surface area contributed by atoms with E-state index in [0.717, 1.165) is 36.5 Å². The topological polar surface area (TPSA) is 35.5 Å². The first-order valence-corrected chi connectivity index (χ1v) is 7.76. The summed E-state index contributed by atoms with van der Waals surface area (Å²) in [5.41, 5.74) is 1.16. The Balaban J connectivity index is 2.68. The van der Waals surface area contributed by atoms with Crippen molar-refractivity contribution in [2.24, 2.45) is 0 Å². The van der Waals surface area contributed by atoms with Crippen LogP contribution >= 0.6 is 11.6 Å². The van der Waals surface area contributed by atoms with Gasteiger partial charge < -0.3 is 15.3 Å². The minimum Gasteiger partial charge on any atom is -0.395 e. The third-order valence-electron chi connectivity index (χ3n) is 3.71. The van der Waals surface area contributed by atoms with Gasteiger partial charge in [0.2, 0.25) is 0 Å². The Hall–Kier alpha value is -0.610. The second kappa shape index (κ2) is 9.35. The molecule has 0 radical (unpaired) electrons. The molecule has 0 heterocycles. The van der Waals surface area contributed by atoms with Gasteiger partial charge in [0.25, 0.3) is 0 Å². The fourth-order valence-corrected chi connectivity index (χ4v) is 2.40. The molecule has 1 rings (SSSR count). The molecule has 1 aromatic carbocycles. The molecule has 2 unspecified atom stereocenters. The van der Waals surface area contributed by atoms with Crippen LogP contribution in [0.1, 0.15) is 38.3 Å². The number of aliphatic hydroxyl groups is 1. The quantitative estimate of drug-likeness (QED) is 0.735. The zero-order chi connectivity index (χ0) is 15.0. The number of nitrogens with one attached hydrogen (secondary N) is 1. The van der Waals surface area contributed by atoms with Gasteiger partial charge in [0.1, 0.15) is 0 Å². The van der Waals surface area contributed by atoms with Gasteiger partial charge in [0, 0.05) is 23.7 Å². The second-order valence-corrected chi connectivity index (χ2v) is 5.74. The van der Waals surface area contributed by atoms with Crippen LogP contribution in [0.3, 0.4) is 0 Å². The molecule has 0 aliphatic carbocycles. The molecule has 0 aliphatic rings. The van der Waals surface area contributed by atoms with Gasteiger partial charge in [0.05, 0.1) is 6.61 Å². The minimum absolute atomic E-state index is 0.188. The molecular formula is C16H27ClN2O. The molecule has 0 bridgehead atoms. The molecule has 2 atom stereocenters. The van der Waals surface area contributed by atoms with Gasteiger partial charge >= 0.3 is 0 Å². The van der Waals surface area contributed by atoms with Crippen molar-refractivity contribution < 1.29 is 5.11 Å². The van der Waals surface area contributed by atoms with Gasteiger partial charge in [-0.2, -0.15) is 0 Å². The number of hydrogen-bond donors (Lipinski definition) is 2. The maximum atomic E-state index is 9.19. The summed E-state index contributed by atoms with van der Waals surface area (Å²) in [4.78, 5) is 2.18. The van der Waals surface area contributed by atoms with Crippen LogP contribution in [0, 0.1) is 0 Å². The molecule has 3 nitrogen and oxygen atoms in total. The van der Waals surface area contributed by atoms with E-state index >= 15 is 0 Å². The highest BCUT2D eigenvalue weighted by molar-refractivity contribution is 6.31. The van der Waals surface area contributed by atoms with Crippen LogP contribution in [0.15, 0.2) is 24.3 Å². The molecule has 1 aromatic rings. The summed E-state index contributed by atoms with van der Waals surface area (Å²) < 4.78 is 0. The number of halogens is 1. The van der Waals surface area contributed by atoms with Gasteiger partial charge in [-0.05, 0) is 45.0 Å². The Morgan fingerprint density at radius 2 is 2.05 bits per heavy atom. The molecule has 0 fully saturated rings. The molecule has 0 amide bonds. The van der Waals surface area contributed by atoms with Gasteiger partial charge in [-0.1, -0.05) is 36.7 Å². The summed E-state index contributed by atoms with van der Waals surface area (Å²) >= 11 is 6.31. The SMILES string of the molecule is CCCNC(CCN(C)C(C)CO)c1ccccc1Cl. The van der Waals surface area contributed by atoms with Gasteiger partial charge in [-0.25, -0.2) is 0 Å². The van der Waals surface area contributed by atoms with Crippen molar-refractivity contribution in [1.82, 2.24) is 10.2 Å². The molecule has 0 aromatic heterocycles. The monoisotopic (exact) mass is 298 g/mol. The molecule has 4 heteroatoms. The Morgan fingerprint density at radius 3 is 2.65 bits per heavy atom. The minimum atomic E-state index is 0.188. The lowest BCUT2D eigenvalue weighted by Crippen LogP contribution is -2.35.